The van der Waals surface area contributed by atoms with Crippen molar-refractivity contribution in [3.8, 4) is 11.6 Å². The number of hydrogen-bond acceptors (Lipinski definition) is 3. The summed E-state index contributed by atoms with van der Waals surface area (Å²) in [5.74, 6) is 0.0646. The van der Waals surface area contributed by atoms with Gasteiger partial charge in [-0.1, -0.05) is 11.6 Å². The SMILES string of the molecule is CC(C)n1cc(Oc2cc(C(F)(F)F)cc(Cl)n2)cn1. The van der Waals surface area contributed by atoms with Crippen LogP contribution in [0.3, 0.4) is 0 Å². The molecular formula is C12H11ClF3N3O. The third kappa shape index (κ3) is 3.41. The van der Waals surface area contributed by atoms with Crippen molar-refractivity contribution in [2.45, 2.75) is 26.1 Å². The van der Waals surface area contributed by atoms with Crippen molar-refractivity contribution < 1.29 is 17.9 Å². The lowest BCUT2D eigenvalue weighted by Crippen LogP contribution is -2.05. The van der Waals surface area contributed by atoms with E-state index < -0.39 is 11.7 Å². The van der Waals surface area contributed by atoms with Gasteiger partial charge in [-0.15, -0.1) is 0 Å². The molecule has 0 aliphatic heterocycles. The zero-order valence-corrected chi connectivity index (χ0v) is 11.4. The number of ether oxygens (including phenoxy) is 1. The quantitative estimate of drug-likeness (QED) is 0.793. The molecule has 2 aromatic rings. The summed E-state index contributed by atoms with van der Waals surface area (Å²) < 4.78 is 44.8. The van der Waals surface area contributed by atoms with Crippen molar-refractivity contribution >= 4 is 11.6 Å². The standard InChI is InChI=1S/C12H11ClF3N3O/c1-7(2)19-6-9(5-17-19)20-11-4-8(12(14,15)16)3-10(13)18-11/h3-7H,1-2H3. The molecular weight excluding hydrogens is 295 g/mol. The van der Waals surface area contributed by atoms with Gasteiger partial charge in [-0.3, -0.25) is 4.68 Å². The fourth-order valence-electron chi connectivity index (χ4n) is 1.47. The van der Waals surface area contributed by atoms with E-state index >= 15 is 0 Å². The predicted octanol–water partition coefficient (Wildman–Crippen LogP) is 4.32. The van der Waals surface area contributed by atoms with E-state index in [2.05, 4.69) is 10.1 Å². The van der Waals surface area contributed by atoms with E-state index in [0.29, 0.717) is 5.75 Å². The zero-order chi connectivity index (χ0) is 14.9. The van der Waals surface area contributed by atoms with Crippen molar-refractivity contribution in [1.29, 1.82) is 0 Å². The molecule has 0 atom stereocenters. The molecule has 0 saturated heterocycles. The molecule has 2 rings (SSSR count). The lowest BCUT2D eigenvalue weighted by molar-refractivity contribution is -0.137. The van der Waals surface area contributed by atoms with Crippen LogP contribution in [0.4, 0.5) is 13.2 Å². The number of nitrogens with zero attached hydrogens (tertiary/aromatic N) is 3. The maximum absolute atomic E-state index is 12.6. The Hall–Kier alpha value is -1.76. The minimum atomic E-state index is -4.51. The minimum absolute atomic E-state index is 0.116. The largest absolute Gasteiger partial charge is 0.436 e. The van der Waals surface area contributed by atoms with Gasteiger partial charge in [0.15, 0.2) is 5.75 Å². The molecule has 0 aliphatic carbocycles. The van der Waals surface area contributed by atoms with Crippen LogP contribution in [0.5, 0.6) is 11.6 Å². The number of pyridine rings is 1. The van der Waals surface area contributed by atoms with Crippen LogP contribution in [0.15, 0.2) is 24.5 Å². The molecule has 0 N–H and O–H groups in total. The zero-order valence-electron chi connectivity index (χ0n) is 10.6. The van der Waals surface area contributed by atoms with Crippen LogP contribution in [0, 0.1) is 0 Å². The highest BCUT2D eigenvalue weighted by Gasteiger charge is 2.31. The van der Waals surface area contributed by atoms with Gasteiger partial charge < -0.3 is 4.74 Å². The molecule has 0 bridgehead atoms. The highest BCUT2D eigenvalue weighted by atomic mass is 35.5. The monoisotopic (exact) mass is 305 g/mol. The van der Waals surface area contributed by atoms with Crippen molar-refractivity contribution in [1.82, 2.24) is 14.8 Å². The molecule has 0 aliphatic rings. The van der Waals surface area contributed by atoms with Gasteiger partial charge in [-0.2, -0.15) is 18.3 Å². The Labute approximate surface area is 118 Å². The molecule has 0 radical (unpaired) electrons. The van der Waals surface area contributed by atoms with Gasteiger partial charge in [-0.05, 0) is 19.9 Å². The number of rotatable bonds is 3. The van der Waals surface area contributed by atoms with E-state index in [1.54, 1.807) is 10.9 Å². The Bertz CT molecular complexity index is 610. The average molecular weight is 306 g/mol. The first kappa shape index (κ1) is 14.6. The maximum atomic E-state index is 12.6. The first-order valence-corrected chi connectivity index (χ1v) is 6.10. The number of halogens is 4. The van der Waals surface area contributed by atoms with Gasteiger partial charge >= 0.3 is 6.18 Å². The van der Waals surface area contributed by atoms with Crippen molar-refractivity contribution in [2.24, 2.45) is 0 Å². The van der Waals surface area contributed by atoms with E-state index in [9.17, 15) is 13.2 Å². The van der Waals surface area contributed by atoms with Crippen LogP contribution in [-0.4, -0.2) is 14.8 Å². The third-order valence-electron chi connectivity index (χ3n) is 2.43. The van der Waals surface area contributed by atoms with E-state index in [1.165, 1.54) is 6.20 Å². The molecule has 0 aromatic carbocycles. The van der Waals surface area contributed by atoms with Gasteiger partial charge in [0.25, 0.3) is 0 Å². The maximum Gasteiger partial charge on any atom is 0.416 e. The predicted molar refractivity (Wildman–Crippen MR) is 66.9 cm³/mol. The Balaban J connectivity index is 2.26. The lowest BCUT2D eigenvalue weighted by Gasteiger charge is -2.09. The third-order valence-corrected chi connectivity index (χ3v) is 2.62. The van der Waals surface area contributed by atoms with Crippen molar-refractivity contribution in [3.63, 3.8) is 0 Å². The summed E-state index contributed by atoms with van der Waals surface area (Å²) in [6, 6.07) is 1.65. The first-order valence-electron chi connectivity index (χ1n) is 5.72. The molecule has 2 aromatic heterocycles. The van der Waals surface area contributed by atoms with Gasteiger partial charge in [0.1, 0.15) is 5.15 Å². The number of alkyl halides is 3. The van der Waals surface area contributed by atoms with Crippen LogP contribution in [0.25, 0.3) is 0 Å². The Morgan fingerprint density at radius 3 is 2.55 bits per heavy atom. The summed E-state index contributed by atoms with van der Waals surface area (Å²) in [5.41, 5.74) is -0.913. The lowest BCUT2D eigenvalue weighted by atomic mass is 10.2. The molecule has 8 heteroatoms. The minimum Gasteiger partial charge on any atom is -0.436 e. The molecule has 0 fully saturated rings. The van der Waals surface area contributed by atoms with Crippen LogP contribution in [0.1, 0.15) is 25.5 Å². The first-order chi connectivity index (χ1) is 9.25. The van der Waals surface area contributed by atoms with Gasteiger partial charge in [0, 0.05) is 12.1 Å². The summed E-state index contributed by atoms with van der Waals surface area (Å²) in [6.45, 7) is 3.83. The van der Waals surface area contributed by atoms with E-state index in [-0.39, 0.29) is 17.1 Å². The Kier molecular flexibility index (Phi) is 3.89. The van der Waals surface area contributed by atoms with Gasteiger partial charge in [0.2, 0.25) is 5.88 Å². The molecule has 20 heavy (non-hydrogen) atoms. The topological polar surface area (TPSA) is 39.9 Å². The van der Waals surface area contributed by atoms with Crippen LogP contribution in [-0.2, 0) is 6.18 Å². The normalized spacial score (nSPS) is 11.9. The highest BCUT2D eigenvalue weighted by Crippen LogP contribution is 2.33. The summed E-state index contributed by atoms with van der Waals surface area (Å²) in [6.07, 6.45) is -1.54. The molecule has 2 heterocycles. The fraction of sp³-hybridized carbons (Fsp3) is 0.333. The molecule has 0 amide bonds. The van der Waals surface area contributed by atoms with Crippen LogP contribution >= 0.6 is 11.6 Å². The van der Waals surface area contributed by atoms with Gasteiger partial charge in [0.05, 0.1) is 18.0 Å². The Morgan fingerprint density at radius 1 is 1.30 bits per heavy atom. The average Bonchev–Trinajstić information content (AvgIpc) is 2.75. The molecule has 4 nitrogen and oxygen atoms in total. The molecule has 0 saturated carbocycles. The number of aromatic nitrogens is 3. The molecule has 0 spiro atoms. The van der Waals surface area contributed by atoms with Crippen LogP contribution < -0.4 is 4.74 Å². The van der Waals surface area contributed by atoms with Crippen molar-refractivity contribution in [2.75, 3.05) is 0 Å². The smallest absolute Gasteiger partial charge is 0.416 e. The molecule has 0 unspecified atom stereocenters. The second-order valence-corrected chi connectivity index (χ2v) is 4.75. The second-order valence-electron chi connectivity index (χ2n) is 4.37. The summed E-state index contributed by atoms with van der Waals surface area (Å²) >= 11 is 5.57. The number of hydrogen-bond donors (Lipinski definition) is 0. The van der Waals surface area contributed by atoms with E-state index in [0.717, 1.165) is 12.1 Å². The van der Waals surface area contributed by atoms with E-state index in [1.807, 2.05) is 13.8 Å². The summed E-state index contributed by atoms with van der Waals surface area (Å²) in [4.78, 5) is 3.70. The van der Waals surface area contributed by atoms with E-state index in [4.69, 9.17) is 16.3 Å². The summed E-state index contributed by atoms with van der Waals surface area (Å²) in [5, 5.41) is 3.73. The summed E-state index contributed by atoms with van der Waals surface area (Å²) in [7, 11) is 0. The second kappa shape index (κ2) is 5.32. The Morgan fingerprint density at radius 2 is 2.00 bits per heavy atom. The van der Waals surface area contributed by atoms with Crippen molar-refractivity contribution in [3.05, 3.63) is 35.2 Å². The highest BCUT2D eigenvalue weighted by molar-refractivity contribution is 6.29. The van der Waals surface area contributed by atoms with Crippen LogP contribution in [0.2, 0.25) is 5.15 Å². The fourth-order valence-corrected chi connectivity index (χ4v) is 1.67. The van der Waals surface area contributed by atoms with Gasteiger partial charge in [-0.25, -0.2) is 4.98 Å². The molecule has 108 valence electrons.